The van der Waals surface area contributed by atoms with Crippen LogP contribution in [0.2, 0.25) is 0 Å². The van der Waals surface area contributed by atoms with Crippen molar-refractivity contribution >= 4 is 17.8 Å². The summed E-state index contributed by atoms with van der Waals surface area (Å²) < 4.78 is 0. The molecule has 0 atom stereocenters. The summed E-state index contributed by atoms with van der Waals surface area (Å²) >= 11 is 0. The lowest BCUT2D eigenvalue weighted by molar-refractivity contribution is -0.106. The van der Waals surface area contributed by atoms with E-state index in [1.807, 2.05) is 26.0 Å². The number of hydrogen-bond acceptors (Lipinski definition) is 3. The highest BCUT2D eigenvalue weighted by Crippen LogP contribution is 2.40. The first kappa shape index (κ1) is 14.9. The van der Waals surface area contributed by atoms with Gasteiger partial charge in [0.25, 0.3) is 0 Å². The van der Waals surface area contributed by atoms with Gasteiger partial charge in [-0.05, 0) is 62.1 Å². The van der Waals surface area contributed by atoms with Crippen molar-refractivity contribution in [1.82, 2.24) is 0 Å². The second kappa shape index (κ2) is 5.48. The Bertz CT molecular complexity index is 650. The summed E-state index contributed by atoms with van der Waals surface area (Å²) in [5.41, 5.74) is 3.94. The minimum Gasteiger partial charge on any atom is -0.505 e. The lowest BCUT2D eigenvalue weighted by atomic mass is 10.1. The number of amides is 1. The van der Waals surface area contributed by atoms with Gasteiger partial charge in [-0.25, -0.2) is 0 Å². The Balaban J connectivity index is 2.69. The normalized spacial score (nSPS) is 10.5. The van der Waals surface area contributed by atoms with Crippen LogP contribution in [0.3, 0.4) is 0 Å². The van der Waals surface area contributed by atoms with Crippen LogP contribution < -0.4 is 4.90 Å². The Labute approximate surface area is 124 Å². The number of carbonyl (C=O) groups excluding carboxylic acids is 1. The summed E-state index contributed by atoms with van der Waals surface area (Å²) in [6, 6.07) is 7.11. The number of nitrogens with zero attached hydrogens (tertiary/aromatic N) is 1. The van der Waals surface area contributed by atoms with Crippen molar-refractivity contribution in [2.45, 2.75) is 27.7 Å². The van der Waals surface area contributed by atoms with Crippen molar-refractivity contribution in [3.05, 3.63) is 46.5 Å². The largest absolute Gasteiger partial charge is 0.505 e. The lowest BCUT2D eigenvalue weighted by Crippen LogP contribution is -2.15. The second-order valence-corrected chi connectivity index (χ2v) is 5.37. The molecule has 2 rings (SSSR count). The van der Waals surface area contributed by atoms with Gasteiger partial charge in [-0.15, -0.1) is 0 Å². The van der Waals surface area contributed by atoms with Crippen molar-refractivity contribution in [1.29, 1.82) is 0 Å². The summed E-state index contributed by atoms with van der Waals surface area (Å²) in [4.78, 5) is 12.8. The van der Waals surface area contributed by atoms with Crippen LogP contribution in [-0.4, -0.2) is 16.6 Å². The third-order valence-electron chi connectivity index (χ3n) is 3.47. The lowest BCUT2D eigenvalue weighted by Gasteiger charge is -2.22. The molecule has 2 aromatic rings. The van der Waals surface area contributed by atoms with Crippen molar-refractivity contribution in [3.63, 3.8) is 0 Å². The zero-order chi connectivity index (χ0) is 15.7. The predicted molar refractivity (Wildman–Crippen MR) is 83.4 cm³/mol. The number of phenolic OH excluding ortho intramolecular Hbond substituents is 2. The fourth-order valence-corrected chi connectivity index (χ4v) is 2.49. The maximum absolute atomic E-state index is 11.6. The zero-order valence-electron chi connectivity index (χ0n) is 12.6. The van der Waals surface area contributed by atoms with E-state index in [-0.39, 0.29) is 11.5 Å². The molecule has 4 heteroatoms. The first-order chi connectivity index (χ1) is 9.85. The minimum atomic E-state index is 0.0336. The number of aromatic hydroxyl groups is 2. The topological polar surface area (TPSA) is 60.8 Å². The van der Waals surface area contributed by atoms with E-state index < -0.39 is 0 Å². The van der Waals surface area contributed by atoms with Crippen molar-refractivity contribution < 1.29 is 15.0 Å². The standard InChI is InChI=1S/C17H19NO3/c1-10-5-12(3)16(20)14(7-10)18(9-19)15-8-11(2)6-13(4)17(15)21/h5-9,20-21H,1-4H3. The molecule has 0 saturated heterocycles. The fourth-order valence-electron chi connectivity index (χ4n) is 2.49. The highest BCUT2D eigenvalue weighted by atomic mass is 16.3. The molecule has 0 aromatic heterocycles. The summed E-state index contributed by atoms with van der Waals surface area (Å²) in [5, 5.41) is 20.5. The smallest absolute Gasteiger partial charge is 0.218 e. The van der Waals surface area contributed by atoms with Crippen LogP contribution in [-0.2, 0) is 4.79 Å². The van der Waals surface area contributed by atoms with Crippen LogP contribution >= 0.6 is 0 Å². The Morgan fingerprint density at radius 3 is 1.52 bits per heavy atom. The van der Waals surface area contributed by atoms with Crippen LogP contribution in [0.15, 0.2) is 24.3 Å². The molecule has 0 bridgehead atoms. The quantitative estimate of drug-likeness (QED) is 0.847. The van der Waals surface area contributed by atoms with Crippen LogP contribution in [0.25, 0.3) is 0 Å². The zero-order valence-corrected chi connectivity index (χ0v) is 12.6. The molecule has 21 heavy (non-hydrogen) atoms. The van der Waals surface area contributed by atoms with E-state index in [4.69, 9.17) is 0 Å². The van der Waals surface area contributed by atoms with Gasteiger partial charge < -0.3 is 10.2 Å². The van der Waals surface area contributed by atoms with Gasteiger partial charge in [0.1, 0.15) is 11.5 Å². The average Bonchev–Trinajstić information content (AvgIpc) is 2.41. The van der Waals surface area contributed by atoms with E-state index in [1.165, 1.54) is 4.90 Å². The third-order valence-corrected chi connectivity index (χ3v) is 3.47. The molecular weight excluding hydrogens is 266 g/mol. The van der Waals surface area contributed by atoms with Crippen LogP contribution in [0.4, 0.5) is 11.4 Å². The SMILES string of the molecule is Cc1cc(C)c(O)c(N(C=O)c2cc(C)cc(C)c2O)c1. The fraction of sp³-hybridized carbons (Fsp3) is 0.235. The molecule has 0 heterocycles. The van der Waals surface area contributed by atoms with E-state index in [0.29, 0.717) is 28.9 Å². The minimum absolute atomic E-state index is 0.0336. The molecule has 0 radical (unpaired) electrons. The Hall–Kier alpha value is -2.49. The van der Waals surface area contributed by atoms with Crippen molar-refractivity contribution in [2.24, 2.45) is 0 Å². The van der Waals surface area contributed by atoms with Gasteiger partial charge in [0.15, 0.2) is 0 Å². The molecule has 0 aliphatic rings. The molecule has 0 aliphatic carbocycles. The summed E-state index contributed by atoms with van der Waals surface area (Å²) in [6.45, 7) is 7.33. The molecule has 110 valence electrons. The predicted octanol–water partition coefficient (Wildman–Crippen LogP) is 3.63. The van der Waals surface area contributed by atoms with E-state index >= 15 is 0 Å². The number of anilines is 2. The maximum Gasteiger partial charge on any atom is 0.218 e. The number of carbonyl (C=O) groups is 1. The maximum atomic E-state index is 11.6. The molecule has 4 nitrogen and oxygen atoms in total. The molecule has 0 spiro atoms. The van der Waals surface area contributed by atoms with Gasteiger partial charge in [-0.3, -0.25) is 9.69 Å². The number of benzene rings is 2. The molecule has 0 saturated carbocycles. The van der Waals surface area contributed by atoms with E-state index in [0.717, 1.165) is 11.1 Å². The number of aryl methyl sites for hydroxylation is 4. The van der Waals surface area contributed by atoms with E-state index in [1.54, 1.807) is 26.0 Å². The van der Waals surface area contributed by atoms with Gasteiger partial charge in [0.05, 0.1) is 11.4 Å². The molecule has 0 unspecified atom stereocenters. The molecule has 0 aliphatic heterocycles. The van der Waals surface area contributed by atoms with Crippen LogP contribution in [0, 0.1) is 27.7 Å². The first-order valence-corrected chi connectivity index (χ1v) is 6.70. The highest BCUT2D eigenvalue weighted by Gasteiger charge is 2.19. The van der Waals surface area contributed by atoms with E-state index in [2.05, 4.69) is 0 Å². The summed E-state index contributed by atoms with van der Waals surface area (Å²) in [7, 11) is 0. The summed E-state index contributed by atoms with van der Waals surface area (Å²) in [5.74, 6) is 0.0671. The van der Waals surface area contributed by atoms with Gasteiger partial charge in [-0.1, -0.05) is 12.1 Å². The third kappa shape index (κ3) is 2.70. The Morgan fingerprint density at radius 2 is 1.19 bits per heavy atom. The highest BCUT2D eigenvalue weighted by molar-refractivity contribution is 5.92. The van der Waals surface area contributed by atoms with Crippen molar-refractivity contribution in [2.75, 3.05) is 4.90 Å². The molecule has 2 aromatic carbocycles. The Kier molecular flexibility index (Phi) is 3.89. The van der Waals surface area contributed by atoms with Gasteiger partial charge >= 0.3 is 0 Å². The van der Waals surface area contributed by atoms with Crippen LogP contribution in [0.5, 0.6) is 11.5 Å². The monoisotopic (exact) mass is 285 g/mol. The molecule has 2 N–H and O–H groups in total. The first-order valence-electron chi connectivity index (χ1n) is 6.70. The number of phenols is 2. The molecule has 1 amide bonds. The number of hydrogen-bond donors (Lipinski definition) is 2. The van der Waals surface area contributed by atoms with Crippen LogP contribution in [0.1, 0.15) is 22.3 Å². The van der Waals surface area contributed by atoms with Gasteiger partial charge in [0, 0.05) is 0 Å². The van der Waals surface area contributed by atoms with Gasteiger partial charge in [-0.2, -0.15) is 0 Å². The second-order valence-electron chi connectivity index (χ2n) is 5.37. The molecule has 0 fully saturated rings. The van der Waals surface area contributed by atoms with Crippen molar-refractivity contribution in [3.8, 4) is 11.5 Å². The molecular formula is C17H19NO3. The number of rotatable bonds is 3. The average molecular weight is 285 g/mol. The summed E-state index contributed by atoms with van der Waals surface area (Å²) in [6.07, 6.45) is 0.599. The van der Waals surface area contributed by atoms with E-state index in [9.17, 15) is 15.0 Å². The van der Waals surface area contributed by atoms with Gasteiger partial charge in [0.2, 0.25) is 6.41 Å². The Morgan fingerprint density at radius 1 is 0.810 bits per heavy atom.